The summed E-state index contributed by atoms with van der Waals surface area (Å²) in [5.41, 5.74) is 6.65. The van der Waals surface area contributed by atoms with E-state index in [0.717, 1.165) is 44.5 Å². The van der Waals surface area contributed by atoms with Gasteiger partial charge in [0.1, 0.15) is 0 Å². The lowest BCUT2D eigenvalue weighted by Crippen LogP contribution is -2.33. The van der Waals surface area contributed by atoms with E-state index in [4.69, 9.17) is 0 Å². The maximum atomic E-state index is 12.8. The fraction of sp³-hybridized carbons (Fsp3) is 0.286. The van der Waals surface area contributed by atoms with Crippen LogP contribution in [0.4, 0.5) is 0 Å². The number of aryl methyl sites for hydroxylation is 2. The second-order valence-corrected chi connectivity index (χ2v) is 6.80. The third-order valence-corrected chi connectivity index (χ3v) is 5.55. The number of amides is 1. The smallest absolute Gasteiger partial charge is 0.253 e. The fourth-order valence-corrected chi connectivity index (χ4v) is 4.42. The molecule has 2 aliphatic rings. The summed E-state index contributed by atoms with van der Waals surface area (Å²) in [5, 5.41) is 1.41. The van der Waals surface area contributed by atoms with E-state index in [-0.39, 0.29) is 5.91 Å². The van der Waals surface area contributed by atoms with Gasteiger partial charge in [0.25, 0.3) is 5.91 Å². The molecule has 0 unspecified atom stereocenters. The predicted molar refractivity (Wildman–Crippen MR) is 95.4 cm³/mol. The summed E-state index contributed by atoms with van der Waals surface area (Å²) in [6.07, 6.45) is 3.06. The van der Waals surface area contributed by atoms with Crippen molar-refractivity contribution in [1.82, 2.24) is 9.47 Å². The number of aromatic nitrogens is 1. The van der Waals surface area contributed by atoms with Gasteiger partial charge in [0.15, 0.2) is 0 Å². The monoisotopic (exact) mass is 316 g/mol. The molecule has 0 bridgehead atoms. The van der Waals surface area contributed by atoms with Crippen molar-refractivity contribution in [3.63, 3.8) is 0 Å². The fourth-order valence-electron chi connectivity index (χ4n) is 4.42. The van der Waals surface area contributed by atoms with E-state index in [1.54, 1.807) is 0 Å². The number of fused-ring (bicyclic) bond motifs is 3. The van der Waals surface area contributed by atoms with Gasteiger partial charge >= 0.3 is 0 Å². The molecule has 0 saturated heterocycles. The summed E-state index contributed by atoms with van der Waals surface area (Å²) in [4.78, 5) is 14.8. The Kier molecular flexibility index (Phi) is 3.02. The first-order valence-electron chi connectivity index (χ1n) is 8.79. The maximum absolute atomic E-state index is 12.8. The molecule has 0 N–H and O–H groups in total. The van der Waals surface area contributed by atoms with Gasteiger partial charge in [0.2, 0.25) is 0 Å². The third kappa shape index (κ3) is 1.94. The molecular weight excluding hydrogens is 296 g/mol. The van der Waals surface area contributed by atoms with Crippen LogP contribution in [0.2, 0.25) is 0 Å². The Morgan fingerprint density at radius 2 is 1.67 bits per heavy atom. The van der Waals surface area contributed by atoms with Crippen LogP contribution < -0.4 is 0 Å². The highest BCUT2D eigenvalue weighted by Gasteiger charge is 2.27. The quantitative estimate of drug-likeness (QED) is 0.675. The van der Waals surface area contributed by atoms with E-state index in [1.807, 2.05) is 35.2 Å². The van der Waals surface area contributed by atoms with Crippen molar-refractivity contribution in [3.05, 3.63) is 70.9 Å². The van der Waals surface area contributed by atoms with E-state index in [0.29, 0.717) is 0 Å². The lowest BCUT2D eigenvalue weighted by Gasteiger charge is -2.20. The van der Waals surface area contributed by atoms with Gasteiger partial charge in [-0.3, -0.25) is 4.79 Å². The van der Waals surface area contributed by atoms with E-state index < -0.39 is 0 Å². The molecular formula is C21H20N2O. The van der Waals surface area contributed by atoms with Gasteiger partial charge in [-0.2, -0.15) is 0 Å². The average Bonchev–Trinajstić information content (AvgIpc) is 3.11. The number of para-hydroxylation sites is 1. The molecule has 1 amide bonds. The second-order valence-electron chi connectivity index (χ2n) is 6.80. The zero-order valence-corrected chi connectivity index (χ0v) is 13.7. The first-order valence-corrected chi connectivity index (χ1v) is 8.79. The van der Waals surface area contributed by atoms with Gasteiger partial charge in [-0.05, 0) is 36.1 Å². The van der Waals surface area contributed by atoms with Crippen LogP contribution in [-0.2, 0) is 25.8 Å². The highest BCUT2D eigenvalue weighted by molar-refractivity contribution is 5.94. The average molecular weight is 316 g/mol. The van der Waals surface area contributed by atoms with Gasteiger partial charge in [-0.1, -0.05) is 36.4 Å². The molecule has 0 saturated carbocycles. The topological polar surface area (TPSA) is 25.2 Å². The predicted octanol–water partition coefficient (Wildman–Crippen LogP) is 3.44. The molecule has 0 atom stereocenters. The maximum Gasteiger partial charge on any atom is 0.253 e. The van der Waals surface area contributed by atoms with E-state index in [1.165, 1.54) is 27.7 Å². The summed E-state index contributed by atoms with van der Waals surface area (Å²) in [7, 11) is 0. The molecule has 0 radical (unpaired) electrons. The van der Waals surface area contributed by atoms with Crippen molar-refractivity contribution in [2.45, 2.75) is 25.8 Å². The van der Waals surface area contributed by atoms with Crippen LogP contribution >= 0.6 is 0 Å². The molecule has 2 aliphatic heterocycles. The largest absolute Gasteiger partial charge is 0.344 e. The molecule has 5 rings (SSSR count). The molecule has 0 spiro atoms. The minimum Gasteiger partial charge on any atom is -0.344 e. The Hall–Kier alpha value is -2.55. The van der Waals surface area contributed by atoms with E-state index in [9.17, 15) is 4.79 Å². The van der Waals surface area contributed by atoms with Crippen molar-refractivity contribution >= 4 is 16.8 Å². The van der Waals surface area contributed by atoms with Crippen LogP contribution in [0.1, 0.15) is 27.2 Å². The summed E-state index contributed by atoms with van der Waals surface area (Å²) in [6.45, 7) is 2.72. The number of carbonyl (C=O) groups is 1. The van der Waals surface area contributed by atoms with Gasteiger partial charge in [-0.15, -0.1) is 0 Å². The standard InChI is InChI=1S/C21H20N2O/c24-21(16-5-2-1-3-6-16)22-12-10-17-18-8-4-7-15-9-14-23(20(15)18)19(17)11-13-22/h1-8H,9-14H2. The van der Waals surface area contributed by atoms with Crippen molar-refractivity contribution in [2.75, 3.05) is 13.1 Å². The number of nitrogens with zero attached hydrogens (tertiary/aromatic N) is 2. The summed E-state index contributed by atoms with van der Waals surface area (Å²) in [6, 6.07) is 16.4. The first kappa shape index (κ1) is 13.8. The molecule has 2 aromatic carbocycles. The molecule has 3 nitrogen and oxygen atoms in total. The van der Waals surface area contributed by atoms with Gasteiger partial charge in [-0.25, -0.2) is 0 Å². The van der Waals surface area contributed by atoms with Crippen LogP contribution in [0.3, 0.4) is 0 Å². The molecule has 3 heterocycles. The summed E-state index contributed by atoms with van der Waals surface area (Å²) in [5.74, 6) is 0.159. The first-order chi connectivity index (χ1) is 11.8. The molecule has 3 heteroatoms. The van der Waals surface area contributed by atoms with Crippen LogP contribution in [-0.4, -0.2) is 28.5 Å². The van der Waals surface area contributed by atoms with Gasteiger partial charge in [0.05, 0.1) is 5.52 Å². The Labute approximate surface area is 141 Å². The third-order valence-electron chi connectivity index (χ3n) is 5.55. The number of rotatable bonds is 1. The highest BCUT2D eigenvalue weighted by Crippen LogP contribution is 2.35. The normalized spacial score (nSPS) is 16.2. The number of carbonyl (C=O) groups excluding carboxylic acids is 1. The van der Waals surface area contributed by atoms with Crippen LogP contribution in [0.15, 0.2) is 48.5 Å². The van der Waals surface area contributed by atoms with Crippen molar-refractivity contribution in [3.8, 4) is 0 Å². The van der Waals surface area contributed by atoms with Gasteiger partial charge in [0, 0.05) is 42.7 Å². The highest BCUT2D eigenvalue weighted by atomic mass is 16.2. The van der Waals surface area contributed by atoms with Crippen molar-refractivity contribution in [2.24, 2.45) is 0 Å². The zero-order chi connectivity index (χ0) is 16.1. The molecule has 120 valence electrons. The Morgan fingerprint density at radius 1 is 0.833 bits per heavy atom. The van der Waals surface area contributed by atoms with E-state index >= 15 is 0 Å². The van der Waals surface area contributed by atoms with Gasteiger partial charge < -0.3 is 9.47 Å². The Morgan fingerprint density at radius 3 is 2.54 bits per heavy atom. The number of hydrogen-bond donors (Lipinski definition) is 0. The van der Waals surface area contributed by atoms with E-state index in [2.05, 4.69) is 22.8 Å². The van der Waals surface area contributed by atoms with Crippen molar-refractivity contribution in [1.29, 1.82) is 0 Å². The second kappa shape index (κ2) is 5.23. The van der Waals surface area contributed by atoms with Crippen LogP contribution in [0.5, 0.6) is 0 Å². The summed E-state index contributed by atoms with van der Waals surface area (Å²) < 4.78 is 2.51. The lowest BCUT2D eigenvalue weighted by atomic mass is 10.0. The molecule has 1 aromatic heterocycles. The molecule has 0 aliphatic carbocycles. The van der Waals surface area contributed by atoms with Crippen LogP contribution in [0, 0.1) is 0 Å². The Balaban J connectivity index is 1.49. The van der Waals surface area contributed by atoms with Crippen molar-refractivity contribution < 1.29 is 4.79 Å². The van der Waals surface area contributed by atoms with Crippen LogP contribution in [0.25, 0.3) is 10.9 Å². The summed E-state index contributed by atoms with van der Waals surface area (Å²) >= 11 is 0. The molecule has 3 aromatic rings. The number of hydrogen-bond acceptors (Lipinski definition) is 1. The SMILES string of the molecule is O=C(c1ccccc1)N1CCc2c(n3c4c(cccc24)CC3)CC1. The molecule has 24 heavy (non-hydrogen) atoms. The molecule has 0 fully saturated rings. The minimum atomic E-state index is 0.159. The minimum absolute atomic E-state index is 0.159. The number of benzene rings is 2. The lowest BCUT2D eigenvalue weighted by molar-refractivity contribution is 0.0762. The Bertz CT molecular complexity index is 939. The zero-order valence-electron chi connectivity index (χ0n) is 13.7.